The second kappa shape index (κ2) is 7.87. The first-order valence-electron chi connectivity index (χ1n) is 8.44. The number of hydrogen-bond donors (Lipinski definition) is 2. The highest BCUT2D eigenvalue weighted by Gasteiger charge is 2.29. The largest absolute Gasteiger partial charge is 0.492 e. The van der Waals surface area contributed by atoms with Crippen molar-refractivity contribution >= 4 is 11.6 Å². The van der Waals surface area contributed by atoms with Crippen LogP contribution in [0.2, 0.25) is 5.02 Å². The molecule has 0 aliphatic rings. The maximum absolute atomic E-state index is 6.53. The van der Waals surface area contributed by atoms with Gasteiger partial charge in [-0.05, 0) is 41.4 Å². The summed E-state index contributed by atoms with van der Waals surface area (Å²) < 4.78 is 5.84. The molecule has 1 aromatic carbocycles. The Bertz CT molecular complexity index is 521. The van der Waals surface area contributed by atoms with Crippen LogP contribution >= 0.6 is 11.6 Å². The molecule has 0 saturated carbocycles. The van der Waals surface area contributed by atoms with Crippen molar-refractivity contribution in [2.24, 2.45) is 16.9 Å². The van der Waals surface area contributed by atoms with E-state index in [0.717, 1.165) is 18.4 Å². The van der Waals surface area contributed by atoms with Gasteiger partial charge in [0.05, 0.1) is 11.6 Å². The van der Waals surface area contributed by atoms with E-state index in [9.17, 15) is 0 Å². The lowest BCUT2D eigenvalue weighted by atomic mass is 9.72. The smallest absolute Gasteiger partial charge is 0.142 e. The molecule has 1 atom stereocenters. The molecule has 0 aliphatic heterocycles. The van der Waals surface area contributed by atoms with Gasteiger partial charge in [0.1, 0.15) is 5.75 Å². The summed E-state index contributed by atoms with van der Waals surface area (Å²) in [5.74, 6) is 0.682. The third-order valence-corrected chi connectivity index (χ3v) is 4.21. The average Bonchev–Trinajstić information content (AvgIpc) is 2.41. The van der Waals surface area contributed by atoms with E-state index >= 15 is 0 Å². The summed E-state index contributed by atoms with van der Waals surface area (Å²) in [6.45, 7) is 14.3. The maximum atomic E-state index is 6.53. The summed E-state index contributed by atoms with van der Waals surface area (Å²) >= 11 is 6.53. The highest BCUT2D eigenvalue weighted by molar-refractivity contribution is 6.32. The highest BCUT2D eigenvalue weighted by Crippen LogP contribution is 2.41. The van der Waals surface area contributed by atoms with Gasteiger partial charge in [-0.2, -0.15) is 0 Å². The van der Waals surface area contributed by atoms with Crippen molar-refractivity contribution < 1.29 is 4.74 Å². The molecule has 0 aliphatic carbocycles. The average molecular weight is 341 g/mol. The van der Waals surface area contributed by atoms with Gasteiger partial charge < -0.3 is 16.2 Å². The molecule has 0 aromatic heterocycles. The molecule has 0 spiro atoms. The molecular weight excluding hydrogens is 308 g/mol. The van der Waals surface area contributed by atoms with Crippen LogP contribution in [0, 0.1) is 5.41 Å². The fraction of sp³-hybridized carbons (Fsp3) is 0.684. The van der Waals surface area contributed by atoms with E-state index in [1.807, 2.05) is 6.07 Å². The molecule has 0 heterocycles. The van der Waals surface area contributed by atoms with Gasteiger partial charge >= 0.3 is 0 Å². The van der Waals surface area contributed by atoms with Gasteiger partial charge in [0.25, 0.3) is 0 Å². The van der Waals surface area contributed by atoms with E-state index < -0.39 is 0 Å². The molecule has 0 saturated heterocycles. The van der Waals surface area contributed by atoms with Crippen molar-refractivity contribution in [2.45, 2.75) is 65.8 Å². The number of rotatable bonds is 7. The van der Waals surface area contributed by atoms with E-state index in [1.54, 1.807) is 0 Å². The zero-order valence-corrected chi connectivity index (χ0v) is 16.3. The van der Waals surface area contributed by atoms with Crippen LogP contribution in [0.3, 0.4) is 0 Å². The van der Waals surface area contributed by atoms with Gasteiger partial charge in [-0.3, -0.25) is 0 Å². The number of hydrogen-bond acceptors (Lipinski definition) is 3. The van der Waals surface area contributed by atoms with E-state index in [2.05, 4.69) is 47.6 Å². The van der Waals surface area contributed by atoms with Crippen molar-refractivity contribution in [3.05, 3.63) is 28.3 Å². The first-order valence-corrected chi connectivity index (χ1v) is 8.82. The Hall–Kier alpha value is -0.770. The minimum absolute atomic E-state index is 0.00571. The van der Waals surface area contributed by atoms with Crippen LogP contribution in [0.4, 0.5) is 0 Å². The third kappa shape index (κ3) is 5.66. The van der Waals surface area contributed by atoms with Crippen LogP contribution in [-0.4, -0.2) is 13.2 Å². The molecule has 0 amide bonds. The van der Waals surface area contributed by atoms with Crippen LogP contribution in [0.5, 0.6) is 5.75 Å². The Balaban J connectivity index is 3.33. The van der Waals surface area contributed by atoms with E-state index in [0.29, 0.717) is 23.9 Å². The van der Waals surface area contributed by atoms with Gasteiger partial charge in [0, 0.05) is 18.2 Å². The molecule has 4 N–H and O–H groups in total. The number of ether oxygens (including phenoxy) is 1. The second-order valence-corrected chi connectivity index (χ2v) is 8.60. The molecule has 4 heteroatoms. The van der Waals surface area contributed by atoms with Gasteiger partial charge in [0.15, 0.2) is 0 Å². The Morgan fingerprint density at radius 3 is 2.26 bits per heavy atom. The second-order valence-electron chi connectivity index (χ2n) is 8.19. The maximum Gasteiger partial charge on any atom is 0.142 e. The van der Waals surface area contributed by atoms with Crippen LogP contribution in [0.15, 0.2) is 12.1 Å². The van der Waals surface area contributed by atoms with Crippen LogP contribution < -0.4 is 16.2 Å². The normalized spacial score (nSPS) is 14.0. The number of benzene rings is 1. The lowest BCUT2D eigenvalue weighted by Crippen LogP contribution is -2.26. The Labute approximate surface area is 146 Å². The molecule has 0 radical (unpaired) electrons. The van der Waals surface area contributed by atoms with Crippen molar-refractivity contribution in [2.75, 3.05) is 13.2 Å². The molecule has 1 unspecified atom stereocenters. The molecule has 0 fully saturated rings. The predicted molar refractivity (Wildman–Crippen MR) is 100 cm³/mol. The van der Waals surface area contributed by atoms with Crippen molar-refractivity contribution in [1.82, 2.24) is 0 Å². The topological polar surface area (TPSA) is 61.3 Å². The Kier molecular flexibility index (Phi) is 6.94. The fourth-order valence-corrected chi connectivity index (χ4v) is 3.47. The zero-order chi connectivity index (χ0) is 17.8. The summed E-state index contributed by atoms with van der Waals surface area (Å²) in [6, 6.07) is 3.87. The summed E-state index contributed by atoms with van der Waals surface area (Å²) in [4.78, 5) is 0. The predicted octanol–water partition coefficient (Wildman–Crippen LogP) is 4.80. The first kappa shape index (κ1) is 20.3. The lowest BCUT2D eigenvalue weighted by molar-refractivity contribution is 0.283. The third-order valence-electron chi connectivity index (χ3n) is 3.93. The Morgan fingerprint density at radius 2 is 1.78 bits per heavy atom. The minimum Gasteiger partial charge on any atom is -0.492 e. The summed E-state index contributed by atoms with van der Waals surface area (Å²) in [7, 11) is 0. The van der Waals surface area contributed by atoms with Crippen molar-refractivity contribution in [1.29, 1.82) is 0 Å². The molecule has 1 rings (SSSR count). The van der Waals surface area contributed by atoms with Crippen LogP contribution in [-0.2, 0) is 5.41 Å². The minimum atomic E-state index is -0.273. The quantitative estimate of drug-likeness (QED) is 0.749. The monoisotopic (exact) mass is 340 g/mol. The molecule has 1 aromatic rings. The fourth-order valence-electron chi connectivity index (χ4n) is 3.19. The van der Waals surface area contributed by atoms with Gasteiger partial charge in [-0.1, -0.05) is 53.1 Å². The molecule has 132 valence electrons. The Morgan fingerprint density at radius 1 is 1.17 bits per heavy atom. The molecule has 0 bridgehead atoms. The standard InChI is InChI=1S/C19H33ClN2O/c1-7-8-23-17-14(16(22)11-21)9-13(10-15(17)20)19(5,6)12-18(2,3)4/h9-10,16H,7-8,11-12,21-22H2,1-6H3. The van der Waals surface area contributed by atoms with E-state index in [1.165, 1.54) is 5.56 Å². The van der Waals surface area contributed by atoms with Crippen molar-refractivity contribution in [3.8, 4) is 5.75 Å². The van der Waals surface area contributed by atoms with E-state index in [4.69, 9.17) is 27.8 Å². The molecule has 3 nitrogen and oxygen atoms in total. The summed E-state index contributed by atoms with van der Waals surface area (Å²) in [6.07, 6.45) is 1.97. The summed E-state index contributed by atoms with van der Waals surface area (Å²) in [5.41, 5.74) is 14.3. The zero-order valence-electron chi connectivity index (χ0n) is 15.5. The SMILES string of the molecule is CCCOc1c(Cl)cc(C(C)(C)CC(C)(C)C)cc1C(N)CN. The van der Waals surface area contributed by atoms with E-state index in [-0.39, 0.29) is 16.9 Å². The highest BCUT2D eigenvalue weighted by atomic mass is 35.5. The van der Waals surface area contributed by atoms with Gasteiger partial charge in [-0.15, -0.1) is 0 Å². The van der Waals surface area contributed by atoms with Crippen molar-refractivity contribution in [3.63, 3.8) is 0 Å². The number of nitrogens with two attached hydrogens (primary N) is 2. The van der Waals surface area contributed by atoms with Gasteiger partial charge in [-0.25, -0.2) is 0 Å². The number of halogens is 1. The van der Waals surface area contributed by atoms with Gasteiger partial charge in [0.2, 0.25) is 0 Å². The van der Waals surface area contributed by atoms with Crippen LogP contribution in [0.1, 0.15) is 71.6 Å². The molecule has 23 heavy (non-hydrogen) atoms. The van der Waals surface area contributed by atoms with Crippen LogP contribution in [0.25, 0.3) is 0 Å². The summed E-state index contributed by atoms with van der Waals surface area (Å²) in [5, 5.41) is 0.622. The molecular formula is C19H33ClN2O. The first-order chi connectivity index (χ1) is 10.5. The lowest BCUT2D eigenvalue weighted by Gasteiger charge is -2.34.